The molecule has 29 heavy (non-hydrogen) atoms. The molecular weight excluding hydrogens is 439 g/mol. The predicted octanol–water partition coefficient (Wildman–Crippen LogP) is 3.56. The van der Waals surface area contributed by atoms with Gasteiger partial charge in [-0.2, -0.15) is 0 Å². The molecule has 1 saturated heterocycles. The Morgan fingerprint density at radius 1 is 1.21 bits per heavy atom. The zero-order valence-electron chi connectivity index (χ0n) is 15.3. The number of rotatable bonds is 7. The van der Waals surface area contributed by atoms with E-state index in [-0.39, 0.29) is 24.1 Å². The van der Waals surface area contributed by atoms with Gasteiger partial charge in [-0.15, -0.1) is 0 Å². The molecule has 1 aliphatic rings. The number of ether oxygens (including phenoxy) is 1. The summed E-state index contributed by atoms with van der Waals surface area (Å²) in [6.45, 7) is 0.301. The molecule has 2 aromatic carbocycles. The molecule has 2 aromatic rings. The van der Waals surface area contributed by atoms with E-state index >= 15 is 0 Å². The van der Waals surface area contributed by atoms with Crippen LogP contribution < -0.4 is 15.0 Å². The Morgan fingerprint density at radius 2 is 1.93 bits per heavy atom. The number of hydrogen-bond acceptors (Lipinski definition) is 4. The van der Waals surface area contributed by atoms with Crippen LogP contribution in [0.4, 0.5) is 5.69 Å². The Labute approximate surface area is 183 Å². The van der Waals surface area contributed by atoms with Gasteiger partial charge in [0.25, 0.3) is 0 Å². The van der Waals surface area contributed by atoms with Crippen LogP contribution in [-0.2, 0) is 9.59 Å². The fourth-order valence-electron chi connectivity index (χ4n) is 2.98. The van der Waals surface area contributed by atoms with Gasteiger partial charge in [0.1, 0.15) is 29.4 Å². The molecule has 0 aliphatic carbocycles. The molecule has 2 atom stereocenters. The molecule has 2 unspecified atom stereocenters. The van der Waals surface area contributed by atoms with E-state index in [1.165, 1.54) is 0 Å². The number of benzene rings is 2. The Bertz CT molecular complexity index is 892. The molecule has 1 aliphatic heterocycles. The van der Waals surface area contributed by atoms with Gasteiger partial charge >= 0.3 is 0 Å². The van der Waals surface area contributed by atoms with Crippen LogP contribution in [0.2, 0.25) is 15.1 Å². The number of anilines is 1. The molecule has 0 radical (unpaired) electrons. The van der Waals surface area contributed by atoms with Gasteiger partial charge in [0.05, 0.1) is 5.02 Å². The van der Waals surface area contributed by atoms with Crippen LogP contribution in [0.3, 0.4) is 0 Å². The van der Waals surface area contributed by atoms with E-state index in [9.17, 15) is 14.7 Å². The van der Waals surface area contributed by atoms with Crippen molar-refractivity contribution >= 4 is 52.3 Å². The van der Waals surface area contributed by atoms with Crippen molar-refractivity contribution in [3.8, 4) is 5.75 Å². The van der Waals surface area contributed by atoms with E-state index in [1.807, 2.05) is 0 Å². The van der Waals surface area contributed by atoms with Crippen LogP contribution in [0.25, 0.3) is 0 Å². The summed E-state index contributed by atoms with van der Waals surface area (Å²) in [5.41, 5.74) is 0.696. The van der Waals surface area contributed by atoms with E-state index in [1.54, 1.807) is 47.4 Å². The standard InChI is InChI=1S/C20H19Cl3N2O4/c21-12-4-6-13(7-5-12)25-9-8-15(20(25)28)19(27)24-10-14(26)11-29-17-3-1-2-16(22)18(17)23/h1-7,14-15,26H,8-11H2,(H,24,27). The second kappa shape index (κ2) is 9.67. The first-order valence-electron chi connectivity index (χ1n) is 8.96. The fourth-order valence-corrected chi connectivity index (χ4v) is 3.45. The van der Waals surface area contributed by atoms with E-state index in [0.29, 0.717) is 34.4 Å². The second-order valence-corrected chi connectivity index (χ2v) is 7.79. The lowest BCUT2D eigenvalue weighted by Gasteiger charge is -2.18. The van der Waals surface area contributed by atoms with Gasteiger partial charge in [-0.3, -0.25) is 9.59 Å². The Morgan fingerprint density at radius 3 is 2.66 bits per heavy atom. The molecule has 6 nitrogen and oxygen atoms in total. The van der Waals surface area contributed by atoms with Gasteiger partial charge in [-0.1, -0.05) is 40.9 Å². The minimum atomic E-state index is -0.974. The van der Waals surface area contributed by atoms with E-state index < -0.39 is 17.9 Å². The first kappa shape index (κ1) is 21.7. The molecule has 0 aromatic heterocycles. The average molecular weight is 458 g/mol. The minimum Gasteiger partial charge on any atom is -0.489 e. The molecule has 2 amide bonds. The van der Waals surface area contributed by atoms with Crippen molar-refractivity contribution in [1.29, 1.82) is 0 Å². The lowest BCUT2D eigenvalue weighted by atomic mass is 10.1. The SMILES string of the molecule is O=C(NCC(O)COc1cccc(Cl)c1Cl)C1CCN(c2ccc(Cl)cc2)C1=O. The zero-order chi connectivity index (χ0) is 21.0. The largest absolute Gasteiger partial charge is 0.489 e. The number of carbonyl (C=O) groups excluding carboxylic acids is 2. The molecule has 1 heterocycles. The molecule has 154 valence electrons. The van der Waals surface area contributed by atoms with Crippen molar-refractivity contribution in [2.24, 2.45) is 5.92 Å². The lowest BCUT2D eigenvalue weighted by molar-refractivity contribution is -0.132. The topological polar surface area (TPSA) is 78.9 Å². The number of carbonyl (C=O) groups is 2. The zero-order valence-corrected chi connectivity index (χ0v) is 17.5. The summed E-state index contributed by atoms with van der Waals surface area (Å²) in [5, 5.41) is 13.8. The van der Waals surface area contributed by atoms with Crippen LogP contribution >= 0.6 is 34.8 Å². The van der Waals surface area contributed by atoms with Crippen molar-refractivity contribution in [3.05, 3.63) is 57.5 Å². The van der Waals surface area contributed by atoms with Gasteiger partial charge in [0.2, 0.25) is 11.8 Å². The highest BCUT2D eigenvalue weighted by atomic mass is 35.5. The summed E-state index contributed by atoms with van der Waals surface area (Å²) in [7, 11) is 0. The summed E-state index contributed by atoms with van der Waals surface area (Å²) < 4.78 is 5.44. The molecule has 1 fully saturated rings. The van der Waals surface area contributed by atoms with Crippen molar-refractivity contribution in [2.45, 2.75) is 12.5 Å². The molecule has 0 spiro atoms. The lowest BCUT2D eigenvalue weighted by Crippen LogP contribution is -2.41. The Balaban J connectivity index is 1.48. The average Bonchev–Trinajstić information content (AvgIpc) is 3.09. The number of hydrogen-bond donors (Lipinski definition) is 2. The van der Waals surface area contributed by atoms with Gasteiger partial charge in [0, 0.05) is 23.8 Å². The van der Waals surface area contributed by atoms with E-state index in [2.05, 4.69) is 5.32 Å². The van der Waals surface area contributed by atoms with Crippen LogP contribution in [0.15, 0.2) is 42.5 Å². The highest BCUT2D eigenvalue weighted by Crippen LogP contribution is 2.31. The number of halogens is 3. The van der Waals surface area contributed by atoms with E-state index in [0.717, 1.165) is 0 Å². The summed E-state index contributed by atoms with van der Waals surface area (Å²) in [4.78, 5) is 26.5. The van der Waals surface area contributed by atoms with Crippen molar-refractivity contribution in [3.63, 3.8) is 0 Å². The Hall–Kier alpha value is -1.99. The fraction of sp³-hybridized carbons (Fsp3) is 0.300. The number of nitrogens with zero attached hydrogens (tertiary/aromatic N) is 1. The minimum absolute atomic E-state index is 0.0538. The molecule has 0 bridgehead atoms. The van der Waals surface area contributed by atoms with Crippen molar-refractivity contribution < 1.29 is 19.4 Å². The molecular formula is C20H19Cl3N2O4. The highest BCUT2D eigenvalue weighted by Gasteiger charge is 2.37. The van der Waals surface area contributed by atoms with Crippen LogP contribution in [0.5, 0.6) is 5.75 Å². The number of aliphatic hydroxyl groups is 1. The maximum Gasteiger partial charge on any atom is 0.239 e. The molecule has 0 saturated carbocycles. The van der Waals surface area contributed by atoms with Gasteiger partial charge in [0.15, 0.2) is 0 Å². The number of amides is 2. The van der Waals surface area contributed by atoms with Crippen LogP contribution in [0.1, 0.15) is 6.42 Å². The normalized spacial score (nSPS) is 17.3. The first-order chi connectivity index (χ1) is 13.9. The van der Waals surface area contributed by atoms with E-state index in [4.69, 9.17) is 39.5 Å². The smallest absolute Gasteiger partial charge is 0.239 e. The van der Waals surface area contributed by atoms with Gasteiger partial charge < -0.3 is 20.1 Å². The van der Waals surface area contributed by atoms with Crippen molar-refractivity contribution in [2.75, 3.05) is 24.6 Å². The van der Waals surface area contributed by atoms with Crippen LogP contribution in [-0.4, -0.2) is 42.7 Å². The maximum absolute atomic E-state index is 12.6. The molecule has 9 heteroatoms. The second-order valence-electron chi connectivity index (χ2n) is 6.57. The third-order valence-corrected chi connectivity index (χ3v) is 5.57. The quantitative estimate of drug-likeness (QED) is 0.623. The number of nitrogens with one attached hydrogen (secondary N) is 1. The van der Waals surface area contributed by atoms with Gasteiger partial charge in [-0.25, -0.2) is 0 Å². The monoisotopic (exact) mass is 456 g/mol. The summed E-state index contributed by atoms with van der Waals surface area (Å²) in [6.07, 6.45) is -0.573. The van der Waals surface area contributed by atoms with Gasteiger partial charge in [-0.05, 0) is 42.8 Å². The predicted molar refractivity (Wildman–Crippen MR) is 113 cm³/mol. The Kier molecular flexibility index (Phi) is 7.24. The number of aliphatic hydroxyl groups excluding tert-OH is 1. The first-order valence-corrected chi connectivity index (χ1v) is 10.1. The highest BCUT2D eigenvalue weighted by molar-refractivity contribution is 6.42. The molecule has 2 N–H and O–H groups in total. The summed E-state index contributed by atoms with van der Waals surface area (Å²) >= 11 is 17.8. The van der Waals surface area contributed by atoms with Crippen LogP contribution in [0, 0.1) is 5.92 Å². The summed E-state index contributed by atoms with van der Waals surface area (Å²) in [5.74, 6) is -1.15. The maximum atomic E-state index is 12.6. The third kappa shape index (κ3) is 5.34. The molecule has 3 rings (SSSR count). The third-order valence-electron chi connectivity index (χ3n) is 4.52. The van der Waals surface area contributed by atoms with Crippen molar-refractivity contribution in [1.82, 2.24) is 5.32 Å². The summed E-state index contributed by atoms with van der Waals surface area (Å²) in [6, 6.07) is 11.8.